The first kappa shape index (κ1) is 13.4. The van der Waals surface area contributed by atoms with Crippen LogP contribution in [0.5, 0.6) is 0 Å². The highest BCUT2D eigenvalue weighted by atomic mass is 15.3. The average molecular weight is 274 g/mol. The Kier molecular flexibility index (Phi) is 3.97. The predicted molar refractivity (Wildman–Crippen MR) is 90.5 cm³/mol. The van der Waals surface area contributed by atoms with Gasteiger partial charge < -0.3 is 0 Å². The molecule has 2 heteroatoms. The van der Waals surface area contributed by atoms with E-state index in [9.17, 15) is 0 Å². The van der Waals surface area contributed by atoms with Crippen LogP contribution in [-0.2, 0) is 0 Å². The molecule has 0 amide bonds. The van der Waals surface area contributed by atoms with Gasteiger partial charge in [0.25, 0.3) is 0 Å². The molecule has 1 aliphatic carbocycles. The molecule has 1 N–H and O–H groups in total. The minimum Gasteiger partial charge on any atom is -0.279 e. The number of anilines is 1. The van der Waals surface area contributed by atoms with Crippen molar-refractivity contribution in [3.05, 3.63) is 83.4 Å². The number of hydrogen-bond donors (Lipinski definition) is 1. The topological polar surface area (TPSA) is 24.4 Å². The molecule has 0 aliphatic heterocycles. The largest absolute Gasteiger partial charge is 0.279 e. The summed E-state index contributed by atoms with van der Waals surface area (Å²) in [6.07, 6.45) is 7.39. The van der Waals surface area contributed by atoms with Gasteiger partial charge in [-0.2, -0.15) is 5.10 Å². The summed E-state index contributed by atoms with van der Waals surface area (Å²) in [4.78, 5) is 0. The van der Waals surface area contributed by atoms with Crippen LogP contribution in [0, 0.1) is 0 Å². The molecule has 21 heavy (non-hydrogen) atoms. The lowest BCUT2D eigenvalue weighted by Gasteiger charge is -2.06. The van der Waals surface area contributed by atoms with Crippen LogP contribution >= 0.6 is 0 Å². The van der Waals surface area contributed by atoms with Crippen molar-refractivity contribution >= 4 is 17.5 Å². The number of hydrogen-bond acceptors (Lipinski definition) is 2. The highest BCUT2D eigenvalue weighted by Gasteiger charge is 2.09. The maximum absolute atomic E-state index is 4.34. The van der Waals surface area contributed by atoms with Gasteiger partial charge in [0.1, 0.15) is 0 Å². The van der Waals surface area contributed by atoms with Crippen LogP contribution in [0.15, 0.2) is 77.4 Å². The van der Waals surface area contributed by atoms with Gasteiger partial charge >= 0.3 is 0 Å². The van der Waals surface area contributed by atoms with E-state index in [1.165, 1.54) is 16.7 Å². The first-order valence-corrected chi connectivity index (χ1v) is 7.14. The lowest BCUT2D eigenvalue weighted by atomic mass is 9.99. The quantitative estimate of drug-likeness (QED) is 0.624. The Morgan fingerprint density at radius 2 is 1.76 bits per heavy atom. The molecule has 0 aromatic heterocycles. The van der Waals surface area contributed by atoms with Crippen LogP contribution in [0.25, 0.3) is 5.57 Å². The summed E-state index contributed by atoms with van der Waals surface area (Å²) in [5, 5.41) is 4.34. The van der Waals surface area contributed by atoms with Gasteiger partial charge in [0.05, 0.1) is 11.9 Å². The van der Waals surface area contributed by atoms with Crippen molar-refractivity contribution in [2.24, 2.45) is 5.10 Å². The first-order valence-electron chi connectivity index (χ1n) is 7.14. The molecule has 0 saturated heterocycles. The first-order chi connectivity index (χ1) is 10.3. The third-order valence-electron chi connectivity index (χ3n) is 3.52. The zero-order chi connectivity index (χ0) is 14.5. The maximum atomic E-state index is 4.34. The molecule has 2 nitrogen and oxygen atoms in total. The molecule has 0 saturated carbocycles. The Morgan fingerprint density at radius 3 is 2.52 bits per heavy atom. The van der Waals surface area contributed by atoms with Gasteiger partial charge in [-0.25, -0.2) is 0 Å². The zero-order valence-corrected chi connectivity index (χ0v) is 12.1. The third kappa shape index (κ3) is 3.29. The summed E-state index contributed by atoms with van der Waals surface area (Å²) in [7, 11) is 0. The number of rotatable bonds is 4. The van der Waals surface area contributed by atoms with Gasteiger partial charge in [-0.15, -0.1) is 0 Å². The van der Waals surface area contributed by atoms with E-state index in [4.69, 9.17) is 0 Å². The molecule has 1 aliphatic rings. The fourth-order valence-electron chi connectivity index (χ4n) is 2.44. The average Bonchev–Trinajstić information content (AvgIpc) is 2.95. The number of para-hydroxylation sites is 1. The molecule has 0 fully saturated rings. The highest BCUT2D eigenvalue weighted by molar-refractivity contribution is 5.90. The Balaban J connectivity index is 1.78. The summed E-state index contributed by atoms with van der Waals surface area (Å²) in [5.74, 6) is 0. The van der Waals surface area contributed by atoms with Gasteiger partial charge in [-0.3, -0.25) is 5.43 Å². The second-order valence-corrected chi connectivity index (χ2v) is 5.15. The van der Waals surface area contributed by atoms with Crippen LogP contribution < -0.4 is 5.43 Å². The van der Waals surface area contributed by atoms with E-state index in [2.05, 4.69) is 47.8 Å². The molecule has 0 radical (unpaired) electrons. The summed E-state index contributed by atoms with van der Waals surface area (Å²) >= 11 is 0. The SMILES string of the molecule is CC1=CCC(c2ccccc2/C=N/Nc2ccccc2)=C1. The minimum atomic E-state index is 0.990. The van der Waals surface area contributed by atoms with Crippen LogP contribution in [0.2, 0.25) is 0 Å². The van der Waals surface area contributed by atoms with Crippen molar-refractivity contribution in [2.45, 2.75) is 13.3 Å². The molecule has 0 bridgehead atoms. The molecular weight excluding hydrogens is 256 g/mol. The van der Waals surface area contributed by atoms with Gasteiger partial charge in [-0.1, -0.05) is 60.2 Å². The summed E-state index contributed by atoms with van der Waals surface area (Å²) in [6.45, 7) is 2.14. The maximum Gasteiger partial charge on any atom is 0.0561 e. The van der Waals surface area contributed by atoms with Crippen molar-refractivity contribution in [1.29, 1.82) is 0 Å². The summed E-state index contributed by atoms with van der Waals surface area (Å²) in [5.41, 5.74) is 9.12. The molecule has 0 unspecified atom stereocenters. The van der Waals surface area contributed by atoms with Gasteiger partial charge in [0.15, 0.2) is 0 Å². The van der Waals surface area contributed by atoms with Crippen molar-refractivity contribution in [3.63, 3.8) is 0 Å². The standard InChI is InChI=1S/C19H18N2/c1-15-11-12-16(13-15)19-10-6-5-7-17(19)14-20-21-18-8-3-2-4-9-18/h2-11,13-14,21H,12H2,1H3/b20-14+. The molecule has 0 spiro atoms. The molecule has 2 aromatic carbocycles. The number of nitrogens with zero attached hydrogens (tertiary/aromatic N) is 1. The number of nitrogens with one attached hydrogen (secondary N) is 1. The van der Waals surface area contributed by atoms with Gasteiger partial charge in [0.2, 0.25) is 0 Å². The molecule has 2 aromatic rings. The zero-order valence-electron chi connectivity index (χ0n) is 12.1. The van der Waals surface area contributed by atoms with Gasteiger partial charge in [-0.05, 0) is 36.6 Å². The summed E-state index contributed by atoms with van der Waals surface area (Å²) < 4.78 is 0. The summed E-state index contributed by atoms with van der Waals surface area (Å²) in [6, 6.07) is 18.3. The Morgan fingerprint density at radius 1 is 1.00 bits per heavy atom. The van der Waals surface area contributed by atoms with E-state index in [1.54, 1.807) is 0 Å². The molecule has 0 heterocycles. The second kappa shape index (κ2) is 6.23. The fourth-order valence-corrected chi connectivity index (χ4v) is 2.44. The van der Waals surface area contributed by atoms with E-state index >= 15 is 0 Å². The smallest absolute Gasteiger partial charge is 0.0561 e. The fraction of sp³-hybridized carbons (Fsp3) is 0.105. The van der Waals surface area contributed by atoms with E-state index in [0.717, 1.165) is 17.7 Å². The second-order valence-electron chi connectivity index (χ2n) is 5.15. The van der Waals surface area contributed by atoms with Crippen molar-refractivity contribution in [2.75, 3.05) is 5.43 Å². The number of benzene rings is 2. The molecular formula is C19H18N2. The van der Waals surface area contributed by atoms with Crippen LogP contribution in [0.1, 0.15) is 24.5 Å². The predicted octanol–water partition coefficient (Wildman–Crippen LogP) is 4.87. The Labute approximate surface area is 125 Å². The molecule has 0 atom stereocenters. The van der Waals surface area contributed by atoms with Crippen LogP contribution in [-0.4, -0.2) is 6.21 Å². The van der Waals surface area contributed by atoms with E-state index in [-0.39, 0.29) is 0 Å². The number of allylic oxidation sites excluding steroid dienone is 4. The monoisotopic (exact) mass is 274 g/mol. The van der Waals surface area contributed by atoms with Crippen molar-refractivity contribution < 1.29 is 0 Å². The van der Waals surface area contributed by atoms with Crippen LogP contribution in [0.3, 0.4) is 0 Å². The molecule has 104 valence electrons. The number of hydrazone groups is 1. The van der Waals surface area contributed by atoms with E-state index < -0.39 is 0 Å². The Bertz CT molecular complexity index is 709. The molecule has 3 rings (SSSR count). The van der Waals surface area contributed by atoms with E-state index in [0.29, 0.717) is 0 Å². The highest BCUT2D eigenvalue weighted by Crippen LogP contribution is 2.28. The van der Waals surface area contributed by atoms with Crippen LogP contribution in [0.4, 0.5) is 5.69 Å². The van der Waals surface area contributed by atoms with Crippen molar-refractivity contribution in [1.82, 2.24) is 0 Å². The van der Waals surface area contributed by atoms with Gasteiger partial charge in [0, 0.05) is 5.56 Å². The minimum absolute atomic E-state index is 0.990. The third-order valence-corrected chi connectivity index (χ3v) is 3.52. The van der Waals surface area contributed by atoms with E-state index in [1.807, 2.05) is 42.6 Å². The lowest BCUT2D eigenvalue weighted by molar-refractivity contribution is 1.34. The van der Waals surface area contributed by atoms with Crippen molar-refractivity contribution in [3.8, 4) is 0 Å². The normalized spacial score (nSPS) is 14.1. The lowest BCUT2D eigenvalue weighted by Crippen LogP contribution is -1.94. The Hall–Kier alpha value is -2.61.